The number of rotatable bonds is 0. The summed E-state index contributed by atoms with van der Waals surface area (Å²) in [5.41, 5.74) is 1.15. The smallest absolute Gasteiger partial charge is 0.198 e. The third-order valence-corrected chi connectivity index (χ3v) is 4.33. The van der Waals surface area contributed by atoms with E-state index in [1.165, 1.54) is 0 Å². The van der Waals surface area contributed by atoms with Crippen LogP contribution < -0.4 is 5.43 Å². The van der Waals surface area contributed by atoms with Gasteiger partial charge in [-0.25, -0.2) is 0 Å². The minimum Gasteiger partial charge on any atom is -0.346 e. The van der Waals surface area contributed by atoms with Crippen LogP contribution in [0.25, 0.3) is 31.2 Å². The minimum atomic E-state index is 0.122. The van der Waals surface area contributed by atoms with Gasteiger partial charge in [-0.2, -0.15) is 0 Å². The summed E-state index contributed by atoms with van der Waals surface area (Å²) in [5.74, 6) is 0. The monoisotopic (exact) mass is 251 g/mol. The molecule has 0 unspecified atom stereocenters. The number of nitrogens with one attached hydrogen (secondary N) is 1. The number of aromatic amines is 1. The van der Waals surface area contributed by atoms with Gasteiger partial charge in [0.2, 0.25) is 0 Å². The van der Waals surface area contributed by atoms with Crippen molar-refractivity contribution in [1.29, 1.82) is 0 Å². The molecule has 0 atom stereocenters. The fraction of sp³-hybridized carbons (Fsp3) is 0. The van der Waals surface area contributed by atoms with Crippen molar-refractivity contribution in [2.45, 2.75) is 0 Å². The average Bonchev–Trinajstić information content (AvgIpc) is 2.77. The second kappa shape index (κ2) is 3.43. The third-order valence-electron chi connectivity index (χ3n) is 3.24. The van der Waals surface area contributed by atoms with Gasteiger partial charge in [0, 0.05) is 21.0 Å². The zero-order valence-electron chi connectivity index (χ0n) is 9.44. The fourth-order valence-electron chi connectivity index (χ4n) is 2.41. The summed E-state index contributed by atoms with van der Waals surface area (Å²) in [7, 11) is 0. The van der Waals surface area contributed by atoms with E-state index < -0.39 is 0 Å². The maximum absolute atomic E-state index is 12.5. The molecular formula is C15H9NOS. The number of hydrogen-bond acceptors (Lipinski definition) is 2. The Bertz CT molecular complexity index is 949. The Morgan fingerprint density at radius 2 is 1.61 bits per heavy atom. The molecule has 3 heteroatoms. The maximum atomic E-state index is 12.5. The van der Waals surface area contributed by atoms with E-state index in [9.17, 15) is 4.79 Å². The Balaban J connectivity index is 2.39. The molecule has 2 nitrogen and oxygen atoms in total. The van der Waals surface area contributed by atoms with Crippen LogP contribution >= 0.6 is 11.3 Å². The first-order valence-corrected chi connectivity index (χ1v) is 6.58. The lowest BCUT2D eigenvalue weighted by Crippen LogP contribution is -1.99. The first-order chi connectivity index (χ1) is 8.84. The molecule has 18 heavy (non-hydrogen) atoms. The normalized spacial score (nSPS) is 11.6. The molecule has 0 bridgehead atoms. The van der Waals surface area contributed by atoms with Gasteiger partial charge in [-0.3, -0.25) is 4.79 Å². The largest absolute Gasteiger partial charge is 0.346 e. The van der Waals surface area contributed by atoms with E-state index in [1.54, 1.807) is 11.3 Å². The van der Waals surface area contributed by atoms with Gasteiger partial charge in [0.25, 0.3) is 0 Å². The molecule has 2 aromatic carbocycles. The Labute approximate surface area is 106 Å². The highest BCUT2D eigenvalue weighted by atomic mass is 32.1. The van der Waals surface area contributed by atoms with Crippen molar-refractivity contribution >= 4 is 42.5 Å². The fourth-order valence-corrected chi connectivity index (χ4v) is 3.51. The van der Waals surface area contributed by atoms with Crippen molar-refractivity contribution in [3.05, 3.63) is 58.8 Å². The summed E-state index contributed by atoms with van der Waals surface area (Å²) in [4.78, 5) is 16.8. The van der Waals surface area contributed by atoms with Crippen LogP contribution in [0.5, 0.6) is 0 Å². The number of hydrogen-bond donors (Lipinski definition) is 1. The molecule has 2 heterocycles. The van der Waals surface area contributed by atoms with E-state index in [-0.39, 0.29) is 5.43 Å². The van der Waals surface area contributed by atoms with Gasteiger partial charge in [-0.05, 0) is 18.2 Å². The van der Waals surface area contributed by atoms with Gasteiger partial charge in [-0.1, -0.05) is 30.3 Å². The third kappa shape index (κ3) is 1.19. The van der Waals surface area contributed by atoms with E-state index in [0.29, 0.717) is 0 Å². The molecule has 0 aliphatic carbocycles. The Morgan fingerprint density at radius 3 is 2.50 bits per heavy atom. The summed E-state index contributed by atoms with van der Waals surface area (Å²) < 4.78 is 1.03. The zero-order valence-corrected chi connectivity index (χ0v) is 10.3. The van der Waals surface area contributed by atoms with Crippen LogP contribution in [0.1, 0.15) is 0 Å². The predicted molar refractivity (Wildman–Crippen MR) is 77.5 cm³/mol. The van der Waals surface area contributed by atoms with Crippen LogP contribution in [0.4, 0.5) is 0 Å². The number of para-hydroxylation sites is 1. The molecule has 0 amide bonds. The van der Waals surface area contributed by atoms with Crippen LogP contribution in [0.3, 0.4) is 0 Å². The topological polar surface area (TPSA) is 32.9 Å². The van der Waals surface area contributed by atoms with Gasteiger partial charge in [0.1, 0.15) is 4.83 Å². The maximum Gasteiger partial charge on any atom is 0.198 e. The minimum absolute atomic E-state index is 0.122. The van der Waals surface area contributed by atoms with E-state index >= 15 is 0 Å². The van der Waals surface area contributed by atoms with Gasteiger partial charge in [-0.15, -0.1) is 11.3 Å². The van der Waals surface area contributed by atoms with Crippen LogP contribution in [-0.4, -0.2) is 4.98 Å². The van der Waals surface area contributed by atoms with Crippen molar-refractivity contribution in [3.63, 3.8) is 0 Å². The Kier molecular flexibility index (Phi) is 1.88. The molecular weight excluding hydrogens is 242 g/mol. The molecule has 1 N–H and O–H groups in total. The molecule has 0 spiro atoms. The molecule has 4 rings (SSSR count). The summed E-state index contributed by atoms with van der Waals surface area (Å²) >= 11 is 1.64. The molecule has 0 saturated carbocycles. The van der Waals surface area contributed by atoms with Crippen molar-refractivity contribution in [2.24, 2.45) is 0 Å². The number of benzene rings is 2. The van der Waals surface area contributed by atoms with E-state index in [1.807, 2.05) is 48.5 Å². The van der Waals surface area contributed by atoms with Gasteiger partial charge < -0.3 is 4.98 Å². The summed E-state index contributed by atoms with van der Waals surface area (Å²) in [6.07, 6.45) is 0. The highest BCUT2D eigenvalue weighted by Gasteiger charge is 2.10. The van der Waals surface area contributed by atoms with E-state index in [0.717, 1.165) is 31.2 Å². The quantitative estimate of drug-likeness (QED) is 0.505. The van der Waals surface area contributed by atoms with Crippen LogP contribution in [0.15, 0.2) is 53.3 Å². The Hall–Kier alpha value is -2.13. The highest BCUT2D eigenvalue weighted by molar-refractivity contribution is 7.24. The van der Waals surface area contributed by atoms with Crippen LogP contribution in [0, 0.1) is 0 Å². The predicted octanol–water partition coefficient (Wildman–Crippen LogP) is 3.90. The van der Waals surface area contributed by atoms with Crippen molar-refractivity contribution < 1.29 is 0 Å². The van der Waals surface area contributed by atoms with E-state index in [4.69, 9.17) is 0 Å². The second-order valence-corrected chi connectivity index (χ2v) is 5.35. The molecule has 86 valence electrons. The zero-order chi connectivity index (χ0) is 12.1. The van der Waals surface area contributed by atoms with Crippen molar-refractivity contribution in [3.8, 4) is 0 Å². The molecule has 2 aromatic heterocycles. The Morgan fingerprint density at radius 1 is 0.889 bits per heavy atom. The summed E-state index contributed by atoms with van der Waals surface area (Å²) in [6.45, 7) is 0. The van der Waals surface area contributed by atoms with Crippen molar-refractivity contribution in [2.75, 3.05) is 0 Å². The molecule has 0 saturated heterocycles. The lowest BCUT2D eigenvalue weighted by molar-refractivity contribution is 1.58. The standard InChI is InChI=1S/C15H9NOS/c17-14-10-6-2-4-8-12(10)18-15-13(14)9-5-1-3-7-11(9)16-15/h1-8,16H. The molecule has 0 aliphatic heterocycles. The molecule has 0 fully saturated rings. The summed E-state index contributed by atoms with van der Waals surface area (Å²) in [6, 6.07) is 15.7. The van der Waals surface area contributed by atoms with E-state index in [2.05, 4.69) is 4.98 Å². The van der Waals surface area contributed by atoms with Gasteiger partial charge in [0.15, 0.2) is 5.43 Å². The lowest BCUT2D eigenvalue weighted by Gasteiger charge is -1.96. The number of aromatic nitrogens is 1. The van der Waals surface area contributed by atoms with Gasteiger partial charge >= 0.3 is 0 Å². The number of fused-ring (bicyclic) bond motifs is 4. The first-order valence-electron chi connectivity index (χ1n) is 5.77. The molecule has 4 aromatic rings. The van der Waals surface area contributed by atoms with Crippen LogP contribution in [0.2, 0.25) is 0 Å². The van der Waals surface area contributed by atoms with Crippen molar-refractivity contribution in [1.82, 2.24) is 4.98 Å². The summed E-state index contributed by atoms with van der Waals surface area (Å²) in [5, 5.41) is 2.63. The SMILES string of the molecule is O=c1c2ccccc2sc2[nH]c3ccccc3c12. The molecule has 0 aliphatic rings. The van der Waals surface area contributed by atoms with Crippen LogP contribution in [-0.2, 0) is 0 Å². The highest BCUT2D eigenvalue weighted by Crippen LogP contribution is 2.29. The molecule has 0 radical (unpaired) electrons. The van der Waals surface area contributed by atoms with Gasteiger partial charge in [0.05, 0.1) is 5.39 Å². The lowest BCUT2D eigenvalue weighted by atomic mass is 10.1. The number of H-pyrrole nitrogens is 1. The first kappa shape index (κ1) is 9.85. The second-order valence-electron chi connectivity index (χ2n) is 4.30. The average molecular weight is 251 g/mol.